The summed E-state index contributed by atoms with van der Waals surface area (Å²) in [6, 6.07) is 3.43. The van der Waals surface area contributed by atoms with Crippen LogP contribution in [0, 0.1) is 0 Å². The highest BCUT2D eigenvalue weighted by Gasteiger charge is 2.07. The van der Waals surface area contributed by atoms with Gasteiger partial charge in [-0.1, -0.05) is 12.1 Å². The minimum Gasteiger partial charge on any atom is -0.409 e. The number of hydrogen-bond acceptors (Lipinski definition) is 5. The first-order chi connectivity index (χ1) is 7.67. The van der Waals surface area contributed by atoms with Gasteiger partial charge >= 0.3 is 0 Å². The van der Waals surface area contributed by atoms with Gasteiger partial charge in [-0.15, -0.1) is 11.8 Å². The molecule has 1 unspecified atom stereocenters. The van der Waals surface area contributed by atoms with E-state index in [1.54, 1.807) is 30.1 Å². The maximum absolute atomic E-state index is 8.79. The maximum atomic E-state index is 8.79. The molecule has 0 saturated heterocycles. The Hall–Kier alpha value is -1.27. The zero-order valence-electron chi connectivity index (χ0n) is 9.00. The topological polar surface area (TPSA) is 91.7 Å². The number of aromatic nitrogens is 1. The Morgan fingerprint density at radius 3 is 3.06 bits per heavy atom. The monoisotopic (exact) mass is 241 g/mol. The molecule has 4 N–H and O–H groups in total. The lowest BCUT2D eigenvalue weighted by Crippen LogP contribution is -2.13. The van der Waals surface area contributed by atoms with E-state index < -0.39 is 0 Å². The van der Waals surface area contributed by atoms with Gasteiger partial charge in [-0.05, 0) is 18.6 Å². The first kappa shape index (κ1) is 12.8. The fourth-order valence-electron chi connectivity index (χ4n) is 1.14. The number of amidine groups is 1. The molecule has 88 valence electrons. The molecule has 1 rings (SSSR count). The summed E-state index contributed by atoms with van der Waals surface area (Å²) in [5, 5.41) is 21.3. The first-order valence-electron chi connectivity index (χ1n) is 4.89. The zero-order valence-corrected chi connectivity index (χ0v) is 9.81. The van der Waals surface area contributed by atoms with Crippen molar-refractivity contribution >= 4 is 17.6 Å². The van der Waals surface area contributed by atoms with Crippen molar-refractivity contribution in [3.05, 3.63) is 23.9 Å². The quantitative estimate of drug-likeness (QED) is 0.235. The molecule has 5 nitrogen and oxygen atoms in total. The summed E-state index contributed by atoms with van der Waals surface area (Å²) < 4.78 is 0. The van der Waals surface area contributed by atoms with Gasteiger partial charge in [-0.2, -0.15) is 0 Å². The van der Waals surface area contributed by atoms with Gasteiger partial charge in [0.25, 0.3) is 0 Å². The Kier molecular flexibility index (Phi) is 5.07. The number of aliphatic hydroxyl groups excluding tert-OH is 1. The number of hydrogen-bond donors (Lipinski definition) is 3. The molecule has 0 spiro atoms. The average molecular weight is 241 g/mol. The number of aliphatic hydroxyl groups is 1. The molecule has 1 aromatic heterocycles. The molecule has 0 aromatic carbocycles. The SMILES string of the molecule is CC(CCO)Sc1cc(C(N)=NO)ccn1. The van der Waals surface area contributed by atoms with Gasteiger partial charge in [0.2, 0.25) is 0 Å². The maximum Gasteiger partial charge on any atom is 0.170 e. The second-order valence-corrected chi connectivity index (χ2v) is 4.77. The Balaban J connectivity index is 2.75. The summed E-state index contributed by atoms with van der Waals surface area (Å²) in [5.74, 6) is 0.0686. The minimum absolute atomic E-state index is 0.0686. The van der Waals surface area contributed by atoms with Gasteiger partial charge in [0.1, 0.15) is 0 Å². The highest BCUT2D eigenvalue weighted by molar-refractivity contribution is 7.99. The number of nitrogens with two attached hydrogens (primary N) is 1. The lowest BCUT2D eigenvalue weighted by atomic mass is 10.2. The third kappa shape index (κ3) is 3.71. The van der Waals surface area contributed by atoms with Crippen LogP contribution < -0.4 is 5.73 Å². The second kappa shape index (κ2) is 6.34. The molecule has 0 amide bonds. The summed E-state index contributed by atoms with van der Waals surface area (Å²) in [6.45, 7) is 2.17. The van der Waals surface area contributed by atoms with Crippen LogP contribution in [0.3, 0.4) is 0 Å². The van der Waals surface area contributed by atoms with Crippen LogP contribution >= 0.6 is 11.8 Å². The predicted octanol–water partition coefficient (Wildman–Crippen LogP) is 1.04. The first-order valence-corrected chi connectivity index (χ1v) is 5.76. The Morgan fingerprint density at radius 2 is 2.44 bits per heavy atom. The standard InChI is InChI=1S/C10H15N3O2S/c1-7(3-5-14)16-9-6-8(2-4-12-9)10(11)13-15/h2,4,6-7,14-15H,3,5H2,1H3,(H2,11,13). The van der Waals surface area contributed by atoms with Crippen LogP contribution in [0.25, 0.3) is 0 Å². The van der Waals surface area contributed by atoms with Gasteiger partial charge < -0.3 is 16.0 Å². The third-order valence-electron chi connectivity index (χ3n) is 2.00. The smallest absolute Gasteiger partial charge is 0.170 e. The highest BCUT2D eigenvalue weighted by atomic mass is 32.2. The molecule has 0 aliphatic rings. The fourth-order valence-corrected chi connectivity index (χ4v) is 2.09. The number of pyridine rings is 1. The Bertz CT molecular complexity index is 371. The molecule has 1 atom stereocenters. The van der Waals surface area contributed by atoms with Crippen molar-refractivity contribution in [3.8, 4) is 0 Å². The fraction of sp³-hybridized carbons (Fsp3) is 0.400. The van der Waals surface area contributed by atoms with Crippen LogP contribution in [-0.4, -0.2) is 33.0 Å². The summed E-state index contributed by atoms with van der Waals surface area (Å²) in [6.07, 6.45) is 2.32. The average Bonchev–Trinajstić information content (AvgIpc) is 2.28. The van der Waals surface area contributed by atoms with Crippen molar-refractivity contribution in [2.24, 2.45) is 10.9 Å². The number of nitrogens with zero attached hydrogens (tertiary/aromatic N) is 2. The van der Waals surface area contributed by atoms with E-state index in [4.69, 9.17) is 16.0 Å². The zero-order chi connectivity index (χ0) is 12.0. The number of thioether (sulfide) groups is 1. The van der Waals surface area contributed by atoms with E-state index in [0.29, 0.717) is 12.0 Å². The molecule has 0 radical (unpaired) electrons. The van der Waals surface area contributed by atoms with Gasteiger partial charge in [0.05, 0.1) is 5.03 Å². The molecule has 0 aliphatic carbocycles. The van der Waals surface area contributed by atoms with Crippen LogP contribution in [0.2, 0.25) is 0 Å². The molecular weight excluding hydrogens is 226 g/mol. The van der Waals surface area contributed by atoms with E-state index in [1.165, 1.54) is 0 Å². The molecular formula is C10H15N3O2S. The summed E-state index contributed by atoms with van der Waals surface area (Å²) >= 11 is 1.55. The normalized spacial score (nSPS) is 13.8. The molecule has 1 heterocycles. The van der Waals surface area contributed by atoms with Crippen LogP contribution in [0.4, 0.5) is 0 Å². The van der Waals surface area contributed by atoms with Crippen LogP contribution in [0.1, 0.15) is 18.9 Å². The second-order valence-electron chi connectivity index (χ2n) is 3.31. The van der Waals surface area contributed by atoms with Crippen molar-refractivity contribution < 1.29 is 10.3 Å². The van der Waals surface area contributed by atoms with E-state index in [1.807, 2.05) is 6.92 Å². The molecule has 1 aromatic rings. The highest BCUT2D eigenvalue weighted by Crippen LogP contribution is 2.23. The van der Waals surface area contributed by atoms with Crippen LogP contribution in [-0.2, 0) is 0 Å². The number of rotatable bonds is 5. The van der Waals surface area contributed by atoms with E-state index in [-0.39, 0.29) is 17.7 Å². The predicted molar refractivity (Wildman–Crippen MR) is 63.8 cm³/mol. The summed E-state index contributed by atoms with van der Waals surface area (Å²) in [4.78, 5) is 4.17. The van der Waals surface area contributed by atoms with Gasteiger partial charge in [0, 0.05) is 23.6 Å². The van der Waals surface area contributed by atoms with Crippen LogP contribution in [0.15, 0.2) is 28.5 Å². The largest absolute Gasteiger partial charge is 0.409 e. The van der Waals surface area contributed by atoms with E-state index in [2.05, 4.69) is 10.1 Å². The van der Waals surface area contributed by atoms with E-state index in [0.717, 1.165) is 5.03 Å². The van der Waals surface area contributed by atoms with Crippen molar-refractivity contribution in [1.29, 1.82) is 0 Å². The molecule has 0 fully saturated rings. The molecule has 16 heavy (non-hydrogen) atoms. The lowest BCUT2D eigenvalue weighted by Gasteiger charge is -2.09. The number of oxime groups is 1. The van der Waals surface area contributed by atoms with Gasteiger partial charge in [0.15, 0.2) is 5.84 Å². The lowest BCUT2D eigenvalue weighted by molar-refractivity contribution is 0.289. The molecule has 0 aliphatic heterocycles. The van der Waals surface area contributed by atoms with Crippen molar-refractivity contribution in [3.63, 3.8) is 0 Å². The third-order valence-corrected chi connectivity index (χ3v) is 3.10. The molecule has 6 heteroatoms. The molecule has 0 bridgehead atoms. The van der Waals surface area contributed by atoms with E-state index in [9.17, 15) is 0 Å². The van der Waals surface area contributed by atoms with Gasteiger partial charge in [-0.3, -0.25) is 0 Å². The van der Waals surface area contributed by atoms with Gasteiger partial charge in [-0.25, -0.2) is 4.98 Å². The Morgan fingerprint density at radius 1 is 1.69 bits per heavy atom. The van der Waals surface area contributed by atoms with Crippen molar-refractivity contribution in [1.82, 2.24) is 4.98 Å². The van der Waals surface area contributed by atoms with Crippen LogP contribution in [0.5, 0.6) is 0 Å². The minimum atomic E-state index is 0.0686. The summed E-state index contributed by atoms with van der Waals surface area (Å²) in [5.41, 5.74) is 6.11. The Labute approximate surface area is 98.4 Å². The van der Waals surface area contributed by atoms with E-state index >= 15 is 0 Å². The summed E-state index contributed by atoms with van der Waals surface area (Å²) in [7, 11) is 0. The van der Waals surface area contributed by atoms with Crippen molar-refractivity contribution in [2.75, 3.05) is 6.61 Å². The van der Waals surface area contributed by atoms with Crippen molar-refractivity contribution in [2.45, 2.75) is 23.6 Å². The molecule has 0 saturated carbocycles.